The van der Waals surface area contributed by atoms with E-state index in [4.69, 9.17) is 20.5 Å². The molecule has 0 amide bonds. The topological polar surface area (TPSA) is 63.6 Å². The monoisotopic (exact) mass is 254 g/mol. The summed E-state index contributed by atoms with van der Waals surface area (Å²) in [6.07, 6.45) is 0. The Morgan fingerprint density at radius 2 is 2.13 bits per heavy atom. The van der Waals surface area contributed by atoms with Gasteiger partial charge in [-0.05, 0) is 6.07 Å². The summed E-state index contributed by atoms with van der Waals surface area (Å²) in [7, 11) is 2.40. The van der Waals surface area contributed by atoms with Crippen LogP contribution < -0.4 is 4.74 Å². The van der Waals surface area contributed by atoms with Gasteiger partial charge in [0.2, 0.25) is 9.05 Å². The van der Waals surface area contributed by atoms with Crippen LogP contribution in [0.4, 0.5) is 4.39 Å². The lowest BCUT2D eigenvalue weighted by atomic mass is 10.2. The Bertz CT molecular complexity index is 472. The Morgan fingerprint density at radius 3 is 2.60 bits per heavy atom. The maximum absolute atomic E-state index is 13.2. The summed E-state index contributed by atoms with van der Waals surface area (Å²) in [5, 5.41) is 9.17. The summed E-state index contributed by atoms with van der Waals surface area (Å²) in [5.74, 6) is -1.91. The summed E-state index contributed by atoms with van der Waals surface area (Å²) >= 11 is 0. The maximum atomic E-state index is 13.2. The fraction of sp³-hybridized carbons (Fsp3) is 0.250. The van der Waals surface area contributed by atoms with Crippen molar-refractivity contribution in [1.29, 1.82) is 0 Å². The van der Waals surface area contributed by atoms with Crippen LogP contribution in [0.1, 0.15) is 5.56 Å². The molecule has 0 atom stereocenters. The number of methoxy groups -OCH3 is 1. The van der Waals surface area contributed by atoms with E-state index in [2.05, 4.69) is 0 Å². The minimum absolute atomic E-state index is 0.00767. The predicted molar refractivity (Wildman–Crippen MR) is 53.1 cm³/mol. The molecule has 0 bridgehead atoms. The van der Waals surface area contributed by atoms with Crippen molar-refractivity contribution in [2.75, 3.05) is 7.11 Å². The molecule has 0 heterocycles. The number of aromatic hydroxyl groups is 1. The van der Waals surface area contributed by atoms with Crippen molar-refractivity contribution in [2.45, 2.75) is 5.75 Å². The van der Waals surface area contributed by atoms with Gasteiger partial charge in [-0.15, -0.1) is 0 Å². The minimum atomic E-state index is -3.84. The van der Waals surface area contributed by atoms with Crippen molar-refractivity contribution < 1.29 is 22.7 Å². The average molecular weight is 255 g/mol. The summed E-state index contributed by atoms with van der Waals surface area (Å²) < 4.78 is 39.3. The number of hydrogen-bond donors (Lipinski definition) is 1. The van der Waals surface area contributed by atoms with Crippen molar-refractivity contribution in [1.82, 2.24) is 0 Å². The van der Waals surface area contributed by atoms with Gasteiger partial charge in [0.05, 0.1) is 12.9 Å². The van der Waals surface area contributed by atoms with E-state index < -0.39 is 26.4 Å². The molecule has 0 spiro atoms. The Morgan fingerprint density at radius 1 is 1.53 bits per heavy atom. The molecule has 84 valence electrons. The average Bonchev–Trinajstić information content (AvgIpc) is 2.07. The first kappa shape index (κ1) is 12.1. The summed E-state index contributed by atoms with van der Waals surface area (Å²) in [6.45, 7) is 0. The zero-order valence-corrected chi connectivity index (χ0v) is 9.27. The van der Waals surface area contributed by atoms with Gasteiger partial charge in [-0.2, -0.15) is 0 Å². The van der Waals surface area contributed by atoms with Crippen LogP contribution in [0.15, 0.2) is 12.1 Å². The van der Waals surface area contributed by atoms with E-state index in [1.807, 2.05) is 0 Å². The van der Waals surface area contributed by atoms with Gasteiger partial charge in [-0.3, -0.25) is 0 Å². The first-order valence-corrected chi connectivity index (χ1v) is 6.29. The molecule has 0 aliphatic heterocycles. The molecule has 0 aliphatic rings. The van der Waals surface area contributed by atoms with Crippen molar-refractivity contribution in [2.24, 2.45) is 0 Å². The highest BCUT2D eigenvalue weighted by atomic mass is 35.7. The molecular formula is C8H8ClFO4S. The number of phenols is 1. The molecule has 0 radical (unpaired) electrons. The number of ether oxygens (including phenoxy) is 1. The SMILES string of the molecule is COc1cc(CS(=O)(=O)Cl)c(F)cc1O. The van der Waals surface area contributed by atoms with E-state index in [-0.39, 0.29) is 11.3 Å². The highest BCUT2D eigenvalue weighted by Gasteiger charge is 2.15. The number of rotatable bonds is 3. The maximum Gasteiger partial charge on any atom is 0.236 e. The number of phenolic OH excluding ortho intramolecular Hbond substituents is 1. The van der Waals surface area contributed by atoms with Gasteiger partial charge in [0.15, 0.2) is 11.5 Å². The second-order valence-corrected chi connectivity index (χ2v) is 5.58. The summed E-state index contributed by atoms with van der Waals surface area (Å²) in [6, 6.07) is 1.86. The molecule has 15 heavy (non-hydrogen) atoms. The third-order valence-electron chi connectivity index (χ3n) is 1.68. The quantitative estimate of drug-likeness (QED) is 0.833. The highest BCUT2D eigenvalue weighted by Crippen LogP contribution is 2.29. The van der Waals surface area contributed by atoms with E-state index in [9.17, 15) is 12.8 Å². The fourth-order valence-corrected chi connectivity index (χ4v) is 1.99. The van der Waals surface area contributed by atoms with Gasteiger partial charge in [0.1, 0.15) is 5.82 Å². The lowest BCUT2D eigenvalue weighted by Gasteiger charge is -2.06. The highest BCUT2D eigenvalue weighted by molar-refractivity contribution is 8.13. The van der Waals surface area contributed by atoms with Crippen molar-refractivity contribution in [3.05, 3.63) is 23.5 Å². The Balaban J connectivity index is 3.19. The van der Waals surface area contributed by atoms with Gasteiger partial charge < -0.3 is 9.84 Å². The van der Waals surface area contributed by atoms with E-state index in [0.717, 1.165) is 12.1 Å². The Kier molecular flexibility index (Phi) is 3.41. The van der Waals surface area contributed by atoms with Crippen LogP contribution in [0.5, 0.6) is 11.5 Å². The van der Waals surface area contributed by atoms with Crippen molar-refractivity contribution in [3.8, 4) is 11.5 Å². The molecule has 1 rings (SSSR count). The van der Waals surface area contributed by atoms with Crippen LogP contribution in [0.3, 0.4) is 0 Å². The lowest BCUT2D eigenvalue weighted by molar-refractivity contribution is 0.370. The largest absolute Gasteiger partial charge is 0.504 e. The van der Waals surface area contributed by atoms with Crippen LogP contribution in [0, 0.1) is 5.82 Å². The second-order valence-electron chi connectivity index (χ2n) is 2.80. The zero-order chi connectivity index (χ0) is 11.6. The van der Waals surface area contributed by atoms with E-state index in [0.29, 0.717) is 0 Å². The van der Waals surface area contributed by atoms with Crippen LogP contribution in [-0.4, -0.2) is 20.6 Å². The van der Waals surface area contributed by atoms with Crippen LogP contribution in [0.2, 0.25) is 0 Å². The minimum Gasteiger partial charge on any atom is -0.504 e. The molecule has 0 fully saturated rings. The molecule has 4 nitrogen and oxygen atoms in total. The normalized spacial score (nSPS) is 11.4. The third-order valence-corrected chi connectivity index (χ3v) is 2.66. The predicted octanol–water partition coefficient (Wildman–Crippen LogP) is 1.61. The fourth-order valence-electron chi connectivity index (χ4n) is 1.04. The van der Waals surface area contributed by atoms with Crippen molar-refractivity contribution >= 4 is 19.7 Å². The smallest absolute Gasteiger partial charge is 0.236 e. The number of benzene rings is 1. The molecular weight excluding hydrogens is 247 g/mol. The standard InChI is InChI=1S/C8H8ClFO4S/c1-14-8-2-5(4-15(9,12)13)6(10)3-7(8)11/h2-3,11H,4H2,1H3. The molecule has 0 aromatic heterocycles. The molecule has 1 aromatic carbocycles. The summed E-state index contributed by atoms with van der Waals surface area (Å²) in [5.41, 5.74) is -0.153. The zero-order valence-electron chi connectivity index (χ0n) is 7.70. The van der Waals surface area contributed by atoms with Crippen LogP contribution in [0.25, 0.3) is 0 Å². The molecule has 1 N–H and O–H groups in total. The van der Waals surface area contributed by atoms with E-state index in [1.54, 1.807) is 0 Å². The third kappa shape index (κ3) is 3.24. The van der Waals surface area contributed by atoms with Crippen LogP contribution >= 0.6 is 10.7 Å². The number of hydrogen-bond acceptors (Lipinski definition) is 4. The van der Waals surface area contributed by atoms with Gasteiger partial charge in [0.25, 0.3) is 0 Å². The van der Waals surface area contributed by atoms with Gasteiger partial charge in [-0.1, -0.05) is 0 Å². The Labute approximate surface area is 90.7 Å². The Hall–Kier alpha value is -1.01. The molecule has 0 saturated heterocycles. The van der Waals surface area contributed by atoms with Crippen molar-refractivity contribution in [3.63, 3.8) is 0 Å². The molecule has 1 aromatic rings. The molecule has 7 heteroatoms. The lowest BCUT2D eigenvalue weighted by Crippen LogP contribution is -1.99. The van der Waals surface area contributed by atoms with Gasteiger partial charge in [-0.25, -0.2) is 12.8 Å². The molecule has 0 aliphatic carbocycles. The molecule has 0 saturated carbocycles. The second kappa shape index (κ2) is 4.24. The molecule has 0 unspecified atom stereocenters. The summed E-state index contributed by atoms with van der Waals surface area (Å²) in [4.78, 5) is 0. The first-order valence-electron chi connectivity index (χ1n) is 3.81. The number of halogens is 2. The van der Waals surface area contributed by atoms with Gasteiger partial charge in [0, 0.05) is 22.3 Å². The van der Waals surface area contributed by atoms with Gasteiger partial charge >= 0.3 is 0 Å². The van der Waals surface area contributed by atoms with E-state index in [1.165, 1.54) is 7.11 Å². The van der Waals surface area contributed by atoms with Crippen LogP contribution in [-0.2, 0) is 14.8 Å². The first-order chi connectivity index (χ1) is 6.83. The van der Waals surface area contributed by atoms with E-state index >= 15 is 0 Å².